The molecular weight excluding hydrogens is 290 g/mol. The van der Waals surface area contributed by atoms with E-state index in [0.29, 0.717) is 24.9 Å². The van der Waals surface area contributed by atoms with E-state index in [4.69, 9.17) is 9.47 Å². The van der Waals surface area contributed by atoms with Gasteiger partial charge in [0.05, 0.1) is 6.61 Å². The molecule has 0 unspecified atom stereocenters. The van der Waals surface area contributed by atoms with E-state index in [0.717, 1.165) is 17.9 Å². The first-order valence-corrected chi connectivity index (χ1v) is 7.74. The van der Waals surface area contributed by atoms with E-state index in [9.17, 15) is 4.79 Å². The van der Waals surface area contributed by atoms with Crippen molar-refractivity contribution in [1.82, 2.24) is 14.8 Å². The summed E-state index contributed by atoms with van der Waals surface area (Å²) in [6.07, 6.45) is 0.782. The molecule has 6 nitrogen and oxygen atoms in total. The maximum Gasteiger partial charge on any atom is 0.343 e. The highest BCUT2D eigenvalue weighted by Crippen LogP contribution is 2.14. The number of thioether (sulfide) groups is 1. The molecule has 1 aromatic heterocycles. The van der Waals surface area contributed by atoms with E-state index >= 15 is 0 Å². The zero-order chi connectivity index (χ0) is 14.9. The number of methoxy groups -OCH3 is 1. The van der Waals surface area contributed by atoms with Gasteiger partial charge in [-0.05, 0) is 18.6 Å². The van der Waals surface area contributed by atoms with Crippen LogP contribution in [0.15, 0.2) is 40.3 Å². The van der Waals surface area contributed by atoms with Gasteiger partial charge in [0.1, 0.15) is 5.75 Å². The Balaban J connectivity index is 1.79. The molecule has 114 valence electrons. The largest absolute Gasteiger partial charge is 0.493 e. The number of ether oxygens (including phenoxy) is 2. The summed E-state index contributed by atoms with van der Waals surface area (Å²) < 4.78 is 12.2. The van der Waals surface area contributed by atoms with Crippen molar-refractivity contribution in [2.24, 2.45) is 0 Å². The van der Waals surface area contributed by atoms with Crippen LogP contribution in [0.4, 0.5) is 0 Å². The lowest BCUT2D eigenvalue weighted by Gasteiger charge is -2.06. The van der Waals surface area contributed by atoms with Crippen LogP contribution in [0.5, 0.6) is 5.75 Å². The first-order chi connectivity index (χ1) is 10.3. The van der Waals surface area contributed by atoms with Gasteiger partial charge in [-0.1, -0.05) is 30.0 Å². The fourth-order valence-electron chi connectivity index (χ4n) is 1.79. The predicted molar refractivity (Wildman–Crippen MR) is 82.0 cm³/mol. The summed E-state index contributed by atoms with van der Waals surface area (Å²) >= 11 is 1.50. The lowest BCUT2D eigenvalue weighted by atomic mass is 10.3. The lowest BCUT2D eigenvalue weighted by Crippen LogP contribution is -2.18. The van der Waals surface area contributed by atoms with Crippen molar-refractivity contribution in [2.45, 2.75) is 18.1 Å². The fraction of sp³-hybridized carbons (Fsp3) is 0.429. The molecule has 0 spiro atoms. The summed E-state index contributed by atoms with van der Waals surface area (Å²) in [4.78, 5) is 11.6. The zero-order valence-corrected chi connectivity index (χ0v) is 12.8. The van der Waals surface area contributed by atoms with Crippen molar-refractivity contribution in [1.29, 1.82) is 0 Å². The normalized spacial score (nSPS) is 10.7. The van der Waals surface area contributed by atoms with Crippen LogP contribution in [0.25, 0.3) is 0 Å². The molecule has 0 aliphatic rings. The van der Waals surface area contributed by atoms with Gasteiger partial charge < -0.3 is 9.47 Å². The van der Waals surface area contributed by atoms with E-state index in [1.165, 1.54) is 11.8 Å². The molecule has 0 aliphatic carbocycles. The molecule has 0 radical (unpaired) electrons. The van der Waals surface area contributed by atoms with Crippen LogP contribution in [0, 0.1) is 0 Å². The molecule has 2 aromatic rings. The maximum absolute atomic E-state index is 11.6. The minimum absolute atomic E-state index is 0.183. The maximum atomic E-state index is 11.6. The number of nitrogens with zero attached hydrogens (tertiary/aromatic N) is 2. The third-order valence-electron chi connectivity index (χ3n) is 2.78. The number of nitrogens with one attached hydrogen (secondary N) is 1. The number of hydrogen-bond acceptors (Lipinski definition) is 5. The molecule has 1 heterocycles. The van der Waals surface area contributed by atoms with Gasteiger partial charge in [-0.25, -0.2) is 9.89 Å². The number of aromatic nitrogens is 3. The molecule has 0 saturated heterocycles. The van der Waals surface area contributed by atoms with Gasteiger partial charge in [0.25, 0.3) is 0 Å². The molecule has 0 atom stereocenters. The fourth-order valence-corrected chi connectivity index (χ4v) is 2.58. The molecule has 0 amide bonds. The summed E-state index contributed by atoms with van der Waals surface area (Å²) in [6, 6.07) is 9.65. The van der Waals surface area contributed by atoms with Crippen LogP contribution in [-0.4, -0.2) is 40.8 Å². The number of aromatic amines is 1. The summed E-state index contributed by atoms with van der Waals surface area (Å²) in [5.74, 6) is 1.57. The molecule has 7 heteroatoms. The Kier molecular flexibility index (Phi) is 6.36. The molecule has 0 aliphatic heterocycles. The van der Waals surface area contributed by atoms with Crippen molar-refractivity contribution < 1.29 is 9.47 Å². The first kappa shape index (κ1) is 15.7. The summed E-state index contributed by atoms with van der Waals surface area (Å²) in [5, 5.41) is 7.20. The van der Waals surface area contributed by atoms with Crippen molar-refractivity contribution in [3.8, 4) is 5.75 Å². The molecule has 2 rings (SSSR count). The van der Waals surface area contributed by atoms with Crippen LogP contribution in [0.2, 0.25) is 0 Å². The van der Waals surface area contributed by atoms with Gasteiger partial charge in [0.2, 0.25) is 0 Å². The molecule has 0 saturated carbocycles. The minimum atomic E-state index is -0.183. The van der Waals surface area contributed by atoms with Crippen LogP contribution >= 0.6 is 11.8 Å². The Morgan fingerprint density at radius 2 is 2.10 bits per heavy atom. The van der Waals surface area contributed by atoms with E-state index < -0.39 is 0 Å². The highest BCUT2D eigenvalue weighted by Gasteiger charge is 2.08. The summed E-state index contributed by atoms with van der Waals surface area (Å²) in [6.45, 7) is 1.79. The van der Waals surface area contributed by atoms with Crippen LogP contribution in [0.1, 0.15) is 6.42 Å². The van der Waals surface area contributed by atoms with Gasteiger partial charge in [0.15, 0.2) is 5.16 Å². The second-order valence-corrected chi connectivity index (χ2v) is 5.38. The smallest absolute Gasteiger partial charge is 0.343 e. The highest BCUT2D eigenvalue weighted by molar-refractivity contribution is 7.99. The van der Waals surface area contributed by atoms with E-state index in [1.807, 2.05) is 30.3 Å². The summed E-state index contributed by atoms with van der Waals surface area (Å²) in [7, 11) is 1.65. The lowest BCUT2D eigenvalue weighted by molar-refractivity contribution is 0.189. The van der Waals surface area contributed by atoms with E-state index in [1.54, 1.807) is 11.7 Å². The number of hydrogen-bond donors (Lipinski definition) is 1. The molecule has 1 aromatic carbocycles. The molecule has 21 heavy (non-hydrogen) atoms. The van der Waals surface area contributed by atoms with Gasteiger partial charge in [-0.3, -0.25) is 4.57 Å². The average molecular weight is 309 g/mol. The molecular formula is C14H19N3O3S. The monoisotopic (exact) mass is 309 g/mol. The van der Waals surface area contributed by atoms with Gasteiger partial charge in [0, 0.05) is 26.0 Å². The van der Waals surface area contributed by atoms with Crippen molar-refractivity contribution in [3.63, 3.8) is 0 Å². The van der Waals surface area contributed by atoms with Gasteiger partial charge in [-0.15, -0.1) is 5.10 Å². The second-order valence-electron chi connectivity index (χ2n) is 4.32. The number of rotatable bonds is 9. The van der Waals surface area contributed by atoms with Crippen LogP contribution in [0.3, 0.4) is 0 Å². The topological polar surface area (TPSA) is 69.1 Å². The molecule has 0 fully saturated rings. The van der Waals surface area contributed by atoms with Crippen LogP contribution in [-0.2, 0) is 11.3 Å². The van der Waals surface area contributed by atoms with Gasteiger partial charge >= 0.3 is 5.69 Å². The Labute approximate surface area is 127 Å². The van der Waals surface area contributed by atoms with Crippen molar-refractivity contribution >= 4 is 11.8 Å². The number of H-pyrrole nitrogens is 1. The Morgan fingerprint density at radius 1 is 1.29 bits per heavy atom. The number of para-hydroxylation sites is 1. The Bertz CT molecular complexity index is 583. The van der Waals surface area contributed by atoms with E-state index in [-0.39, 0.29) is 5.69 Å². The van der Waals surface area contributed by atoms with Crippen molar-refractivity contribution in [2.75, 3.05) is 26.1 Å². The summed E-state index contributed by atoms with van der Waals surface area (Å²) in [5.41, 5.74) is -0.183. The highest BCUT2D eigenvalue weighted by atomic mass is 32.2. The second kappa shape index (κ2) is 8.53. The Morgan fingerprint density at radius 3 is 2.86 bits per heavy atom. The standard InChI is InChI=1S/C14H19N3O3S/c1-19-9-5-8-17-13(18)15-16-14(17)21-11-10-20-12-6-3-2-4-7-12/h2-4,6-7H,5,8-11H2,1H3,(H,15,18). The average Bonchev–Trinajstić information content (AvgIpc) is 2.86. The minimum Gasteiger partial charge on any atom is -0.493 e. The zero-order valence-electron chi connectivity index (χ0n) is 11.9. The molecule has 0 bridgehead atoms. The molecule has 1 N–H and O–H groups in total. The van der Waals surface area contributed by atoms with Gasteiger partial charge in [-0.2, -0.15) is 0 Å². The van der Waals surface area contributed by atoms with E-state index in [2.05, 4.69) is 10.2 Å². The van der Waals surface area contributed by atoms with Crippen molar-refractivity contribution in [3.05, 3.63) is 40.8 Å². The van der Waals surface area contributed by atoms with Crippen LogP contribution < -0.4 is 10.4 Å². The Hall–Kier alpha value is -1.73. The SMILES string of the molecule is COCCCn1c(SCCOc2ccccc2)n[nH]c1=O. The quantitative estimate of drug-likeness (QED) is 0.565. The number of benzene rings is 1. The predicted octanol–water partition coefficient (Wildman–Crippen LogP) is 1.78. The third kappa shape index (κ3) is 4.95. The third-order valence-corrected chi connectivity index (χ3v) is 3.72. The first-order valence-electron chi connectivity index (χ1n) is 6.76.